The monoisotopic (exact) mass is 215 g/mol. The third kappa shape index (κ3) is 1.87. The predicted octanol–water partition coefficient (Wildman–Crippen LogP) is 3.43. The second kappa shape index (κ2) is 4.52. The minimum Gasteiger partial charge on any atom is -0.322 e. The fourth-order valence-electron chi connectivity index (χ4n) is 2.30. The summed E-state index contributed by atoms with van der Waals surface area (Å²) in [6, 6.07) is 9.77. The van der Waals surface area contributed by atoms with Crippen LogP contribution in [0.2, 0.25) is 0 Å². The molecular formula is C14H17NO. The molecule has 0 spiro atoms. The number of benzene rings is 1. The molecule has 0 amide bonds. The van der Waals surface area contributed by atoms with Crippen molar-refractivity contribution in [2.45, 2.75) is 32.6 Å². The molecule has 0 fully saturated rings. The van der Waals surface area contributed by atoms with Crippen molar-refractivity contribution < 1.29 is 0 Å². The molecule has 2 heteroatoms. The first-order valence-electron chi connectivity index (χ1n) is 5.88. The van der Waals surface area contributed by atoms with E-state index in [2.05, 4.69) is 24.9 Å². The highest BCUT2D eigenvalue weighted by Crippen LogP contribution is 2.27. The lowest BCUT2D eigenvalue weighted by Gasteiger charge is -2.14. The smallest absolute Gasteiger partial charge is 0.248 e. The van der Waals surface area contributed by atoms with E-state index in [0.29, 0.717) is 5.92 Å². The van der Waals surface area contributed by atoms with Gasteiger partial charge in [0.15, 0.2) is 0 Å². The van der Waals surface area contributed by atoms with Gasteiger partial charge in [0.25, 0.3) is 0 Å². The molecule has 2 rings (SSSR count). The van der Waals surface area contributed by atoms with Crippen LogP contribution >= 0.6 is 0 Å². The van der Waals surface area contributed by atoms with E-state index in [9.17, 15) is 4.79 Å². The SMILES string of the molecule is CCC(CC)c1cc(=O)[nH]c2ccccc12. The second-order valence-corrected chi connectivity index (χ2v) is 4.15. The van der Waals surface area contributed by atoms with Gasteiger partial charge in [-0.3, -0.25) is 4.79 Å². The van der Waals surface area contributed by atoms with Crippen molar-refractivity contribution in [1.82, 2.24) is 4.98 Å². The summed E-state index contributed by atoms with van der Waals surface area (Å²) in [6.07, 6.45) is 2.15. The molecule has 16 heavy (non-hydrogen) atoms. The zero-order valence-corrected chi connectivity index (χ0v) is 9.79. The molecule has 0 radical (unpaired) electrons. The normalized spacial score (nSPS) is 11.2. The van der Waals surface area contributed by atoms with E-state index in [0.717, 1.165) is 18.4 Å². The van der Waals surface area contributed by atoms with Crippen molar-refractivity contribution in [3.8, 4) is 0 Å². The zero-order chi connectivity index (χ0) is 11.5. The minimum atomic E-state index is 0.000556. The number of hydrogen-bond acceptors (Lipinski definition) is 1. The van der Waals surface area contributed by atoms with Crippen molar-refractivity contribution in [3.63, 3.8) is 0 Å². The highest BCUT2D eigenvalue weighted by molar-refractivity contribution is 5.82. The number of aromatic amines is 1. The van der Waals surface area contributed by atoms with Crippen LogP contribution in [0.5, 0.6) is 0 Å². The first kappa shape index (κ1) is 10.9. The summed E-state index contributed by atoms with van der Waals surface area (Å²) >= 11 is 0. The van der Waals surface area contributed by atoms with Gasteiger partial charge in [-0.25, -0.2) is 0 Å². The molecule has 2 aromatic rings. The van der Waals surface area contributed by atoms with Crippen LogP contribution < -0.4 is 5.56 Å². The molecule has 0 aliphatic heterocycles. The number of rotatable bonds is 3. The van der Waals surface area contributed by atoms with Crippen molar-refractivity contribution in [3.05, 3.63) is 46.2 Å². The van der Waals surface area contributed by atoms with E-state index in [-0.39, 0.29) is 5.56 Å². The molecule has 0 saturated heterocycles. The van der Waals surface area contributed by atoms with E-state index in [1.165, 1.54) is 10.9 Å². The van der Waals surface area contributed by atoms with Gasteiger partial charge in [-0.1, -0.05) is 32.0 Å². The lowest BCUT2D eigenvalue weighted by molar-refractivity contribution is 0.645. The van der Waals surface area contributed by atoms with Gasteiger partial charge in [0, 0.05) is 17.0 Å². The molecule has 0 unspecified atom stereocenters. The second-order valence-electron chi connectivity index (χ2n) is 4.15. The molecule has 0 atom stereocenters. The molecular weight excluding hydrogens is 198 g/mol. The Morgan fingerprint density at radius 3 is 2.56 bits per heavy atom. The van der Waals surface area contributed by atoms with Crippen molar-refractivity contribution in [1.29, 1.82) is 0 Å². The van der Waals surface area contributed by atoms with Gasteiger partial charge in [-0.15, -0.1) is 0 Å². The fraction of sp³-hybridized carbons (Fsp3) is 0.357. The van der Waals surface area contributed by atoms with E-state index in [4.69, 9.17) is 0 Å². The molecule has 0 aliphatic rings. The highest BCUT2D eigenvalue weighted by atomic mass is 16.1. The van der Waals surface area contributed by atoms with E-state index in [1.54, 1.807) is 6.07 Å². The summed E-state index contributed by atoms with van der Waals surface area (Å²) in [7, 11) is 0. The summed E-state index contributed by atoms with van der Waals surface area (Å²) in [5.41, 5.74) is 2.13. The number of pyridine rings is 1. The van der Waals surface area contributed by atoms with Crippen LogP contribution in [-0.2, 0) is 0 Å². The lowest BCUT2D eigenvalue weighted by atomic mass is 9.91. The number of aromatic nitrogens is 1. The Morgan fingerprint density at radius 1 is 1.19 bits per heavy atom. The Labute approximate surface area is 95.3 Å². The summed E-state index contributed by atoms with van der Waals surface area (Å²) in [6.45, 7) is 4.34. The Hall–Kier alpha value is -1.57. The van der Waals surface area contributed by atoms with Gasteiger partial charge in [0.2, 0.25) is 5.56 Å². The quantitative estimate of drug-likeness (QED) is 0.836. The fourth-order valence-corrected chi connectivity index (χ4v) is 2.30. The highest BCUT2D eigenvalue weighted by Gasteiger charge is 2.11. The first-order chi connectivity index (χ1) is 7.76. The van der Waals surface area contributed by atoms with Crippen molar-refractivity contribution >= 4 is 10.9 Å². The topological polar surface area (TPSA) is 32.9 Å². The predicted molar refractivity (Wildman–Crippen MR) is 67.9 cm³/mol. The standard InChI is InChI=1S/C14H17NO/c1-3-10(4-2)12-9-14(16)15-13-8-6-5-7-11(12)13/h5-10H,3-4H2,1-2H3,(H,15,16). The Kier molecular flexibility index (Phi) is 3.09. The van der Waals surface area contributed by atoms with Gasteiger partial charge in [-0.2, -0.15) is 0 Å². The summed E-state index contributed by atoms with van der Waals surface area (Å²) in [5.74, 6) is 0.479. The van der Waals surface area contributed by atoms with Crippen molar-refractivity contribution in [2.24, 2.45) is 0 Å². The van der Waals surface area contributed by atoms with Gasteiger partial charge in [0.1, 0.15) is 0 Å². The Morgan fingerprint density at radius 2 is 1.88 bits per heavy atom. The van der Waals surface area contributed by atoms with Crippen LogP contribution in [0.4, 0.5) is 0 Å². The molecule has 1 heterocycles. The van der Waals surface area contributed by atoms with Crippen LogP contribution in [0, 0.1) is 0 Å². The maximum Gasteiger partial charge on any atom is 0.248 e. The minimum absolute atomic E-state index is 0.000556. The van der Waals surface area contributed by atoms with Crippen LogP contribution in [0.25, 0.3) is 10.9 Å². The van der Waals surface area contributed by atoms with Gasteiger partial charge < -0.3 is 4.98 Å². The van der Waals surface area contributed by atoms with Crippen LogP contribution in [0.1, 0.15) is 38.2 Å². The lowest BCUT2D eigenvalue weighted by Crippen LogP contribution is -2.09. The van der Waals surface area contributed by atoms with E-state index >= 15 is 0 Å². The molecule has 0 aliphatic carbocycles. The molecule has 1 N–H and O–H groups in total. The largest absolute Gasteiger partial charge is 0.322 e. The zero-order valence-electron chi connectivity index (χ0n) is 9.79. The third-order valence-electron chi connectivity index (χ3n) is 3.21. The first-order valence-corrected chi connectivity index (χ1v) is 5.88. The average molecular weight is 215 g/mol. The van der Waals surface area contributed by atoms with Crippen LogP contribution in [-0.4, -0.2) is 4.98 Å². The van der Waals surface area contributed by atoms with E-state index < -0.39 is 0 Å². The summed E-state index contributed by atoms with van der Waals surface area (Å²) < 4.78 is 0. The molecule has 2 nitrogen and oxygen atoms in total. The van der Waals surface area contributed by atoms with Crippen LogP contribution in [0.15, 0.2) is 35.1 Å². The van der Waals surface area contributed by atoms with Gasteiger partial charge in [-0.05, 0) is 30.4 Å². The Balaban J connectivity index is 2.71. The average Bonchev–Trinajstić information content (AvgIpc) is 2.30. The third-order valence-corrected chi connectivity index (χ3v) is 3.21. The number of fused-ring (bicyclic) bond motifs is 1. The maximum atomic E-state index is 11.6. The van der Waals surface area contributed by atoms with Gasteiger partial charge >= 0.3 is 0 Å². The number of hydrogen-bond donors (Lipinski definition) is 1. The molecule has 1 aromatic carbocycles. The molecule has 84 valence electrons. The van der Waals surface area contributed by atoms with Crippen molar-refractivity contribution in [2.75, 3.05) is 0 Å². The number of nitrogens with one attached hydrogen (secondary N) is 1. The molecule has 0 saturated carbocycles. The number of para-hydroxylation sites is 1. The van der Waals surface area contributed by atoms with E-state index in [1.807, 2.05) is 18.2 Å². The summed E-state index contributed by atoms with van der Waals surface area (Å²) in [4.78, 5) is 14.5. The Bertz CT molecular complexity index is 538. The van der Waals surface area contributed by atoms with Gasteiger partial charge in [0.05, 0.1) is 0 Å². The summed E-state index contributed by atoms with van der Waals surface area (Å²) in [5, 5.41) is 1.18. The maximum absolute atomic E-state index is 11.6. The van der Waals surface area contributed by atoms with Crippen LogP contribution in [0.3, 0.4) is 0 Å². The molecule has 0 bridgehead atoms. The molecule has 1 aromatic heterocycles. The number of H-pyrrole nitrogens is 1.